The van der Waals surface area contributed by atoms with Gasteiger partial charge in [-0.2, -0.15) is 0 Å². The molecule has 0 bridgehead atoms. The van der Waals surface area contributed by atoms with E-state index in [4.69, 9.17) is 4.74 Å². The van der Waals surface area contributed by atoms with Crippen molar-refractivity contribution >= 4 is 22.4 Å². The lowest BCUT2D eigenvalue weighted by atomic mass is 10.1. The highest BCUT2D eigenvalue weighted by atomic mass is 32.1. The van der Waals surface area contributed by atoms with E-state index in [1.807, 2.05) is 26.0 Å². The van der Waals surface area contributed by atoms with Gasteiger partial charge in [-0.15, -0.1) is 11.3 Å². The predicted octanol–water partition coefficient (Wildman–Crippen LogP) is 3.14. The van der Waals surface area contributed by atoms with Gasteiger partial charge in [0.25, 0.3) is 0 Å². The van der Waals surface area contributed by atoms with Crippen LogP contribution in [0.2, 0.25) is 0 Å². The van der Waals surface area contributed by atoms with E-state index in [-0.39, 0.29) is 12.1 Å². The monoisotopic (exact) mass is 268 g/mol. The lowest BCUT2D eigenvalue weighted by Gasteiger charge is -2.17. The van der Waals surface area contributed by atoms with E-state index in [2.05, 4.69) is 10.6 Å². The highest BCUT2D eigenvalue weighted by Gasteiger charge is 2.19. The Kier molecular flexibility index (Phi) is 4.60. The van der Waals surface area contributed by atoms with E-state index in [9.17, 15) is 4.79 Å². The van der Waals surface area contributed by atoms with E-state index in [1.54, 1.807) is 11.3 Å². The van der Waals surface area contributed by atoms with Gasteiger partial charge in [0.15, 0.2) is 0 Å². The average molecular weight is 268 g/mol. The SMILES string of the molecule is Cc1ccc(NC(=O)N[C@@H](C)C[C@H]2CCCO2)s1. The largest absolute Gasteiger partial charge is 0.378 e. The van der Waals surface area contributed by atoms with Gasteiger partial charge >= 0.3 is 6.03 Å². The van der Waals surface area contributed by atoms with Crippen molar-refractivity contribution in [1.29, 1.82) is 0 Å². The molecule has 1 fully saturated rings. The van der Waals surface area contributed by atoms with Crippen LogP contribution < -0.4 is 10.6 Å². The minimum atomic E-state index is -0.137. The van der Waals surface area contributed by atoms with Crippen LogP contribution in [0.1, 0.15) is 31.1 Å². The van der Waals surface area contributed by atoms with Crippen LogP contribution in [-0.2, 0) is 4.74 Å². The fraction of sp³-hybridized carbons (Fsp3) is 0.615. The normalized spacial score (nSPS) is 20.7. The predicted molar refractivity (Wildman–Crippen MR) is 74.3 cm³/mol. The number of carbonyl (C=O) groups is 1. The molecular weight excluding hydrogens is 248 g/mol. The third kappa shape index (κ3) is 3.99. The molecule has 0 unspecified atom stereocenters. The van der Waals surface area contributed by atoms with Crippen LogP contribution in [0, 0.1) is 6.92 Å². The minimum absolute atomic E-state index is 0.133. The van der Waals surface area contributed by atoms with Crippen LogP contribution >= 0.6 is 11.3 Å². The first-order chi connectivity index (χ1) is 8.63. The molecule has 0 spiro atoms. The molecule has 1 saturated heterocycles. The van der Waals surface area contributed by atoms with Crippen molar-refractivity contribution in [2.45, 2.75) is 45.3 Å². The average Bonchev–Trinajstić information content (AvgIpc) is 2.90. The van der Waals surface area contributed by atoms with Gasteiger partial charge < -0.3 is 10.1 Å². The summed E-state index contributed by atoms with van der Waals surface area (Å²) in [7, 11) is 0. The molecule has 2 amide bonds. The Labute approximate surface area is 112 Å². The number of thiophene rings is 1. The fourth-order valence-corrected chi connectivity index (χ4v) is 2.92. The van der Waals surface area contributed by atoms with Crippen LogP contribution in [-0.4, -0.2) is 24.8 Å². The Morgan fingerprint density at radius 3 is 3.06 bits per heavy atom. The summed E-state index contributed by atoms with van der Waals surface area (Å²) in [4.78, 5) is 12.9. The van der Waals surface area contributed by atoms with Crippen molar-refractivity contribution in [3.05, 3.63) is 17.0 Å². The molecule has 4 nitrogen and oxygen atoms in total. The molecule has 1 aliphatic heterocycles. The van der Waals surface area contributed by atoms with E-state index in [1.165, 1.54) is 4.88 Å². The molecule has 2 heterocycles. The van der Waals surface area contributed by atoms with E-state index >= 15 is 0 Å². The van der Waals surface area contributed by atoms with Crippen LogP contribution in [0.3, 0.4) is 0 Å². The van der Waals surface area contributed by atoms with Crippen molar-refractivity contribution < 1.29 is 9.53 Å². The molecule has 0 saturated carbocycles. The lowest BCUT2D eigenvalue weighted by molar-refractivity contribution is 0.0973. The summed E-state index contributed by atoms with van der Waals surface area (Å²) in [6.45, 7) is 4.90. The Hall–Kier alpha value is -1.07. The first kappa shape index (κ1) is 13.4. The number of hydrogen-bond acceptors (Lipinski definition) is 3. The van der Waals surface area contributed by atoms with Crippen molar-refractivity contribution in [3.8, 4) is 0 Å². The summed E-state index contributed by atoms with van der Waals surface area (Å²) < 4.78 is 5.56. The van der Waals surface area contributed by atoms with Gasteiger partial charge in [0.05, 0.1) is 11.1 Å². The number of urea groups is 1. The maximum absolute atomic E-state index is 11.7. The van der Waals surface area contributed by atoms with Gasteiger partial charge in [-0.05, 0) is 45.2 Å². The third-order valence-corrected chi connectivity index (χ3v) is 3.91. The molecule has 18 heavy (non-hydrogen) atoms. The molecule has 1 aliphatic rings. The molecule has 0 radical (unpaired) electrons. The number of anilines is 1. The molecule has 1 aromatic rings. The minimum Gasteiger partial charge on any atom is -0.378 e. The molecule has 100 valence electrons. The van der Waals surface area contributed by atoms with Gasteiger partial charge in [-0.25, -0.2) is 4.79 Å². The quantitative estimate of drug-likeness (QED) is 0.881. The first-order valence-corrected chi connectivity index (χ1v) is 7.20. The summed E-state index contributed by atoms with van der Waals surface area (Å²) in [6.07, 6.45) is 3.44. The maximum atomic E-state index is 11.7. The van der Waals surface area contributed by atoms with E-state index < -0.39 is 0 Å². The van der Waals surface area contributed by atoms with Crippen LogP contribution in [0.25, 0.3) is 0 Å². The number of amides is 2. The Morgan fingerprint density at radius 1 is 1.61 bits per heavy atom. The Balaban J connectivity index is 1.72. The van der Waals surface area contributed by atoms with Crippen LogP contribution in [0.15, 0.2) is 12.1 Å². The molecule has 2 rings (SSSR count). The van der Waals surface area contributed by atoms with Crippen molar-refractivity contribution in [1.82, 2.24) is 5.32 Å². The summed E-state index contributed by atoms with van der Waals surface area (Å²) in [5.74, 6) is 0. The zero-order valence-electron chi connectivity index (χ0n) is 10.9. The molecule has 5 heteroatoms. The summed E-state index contributed by atoms with van der Waals surface area (Å²) in [5, 5.41) is 6.67. The maximum Gasteiger partial charge on any atom is 0.320 e. The fourth-order valence-electron chi connectivity index (χ4n) is 2.16. The molecular formula is C13H20N2O2S. The van der Waals surface area contributed by atoms with Gasteiger partial charge in [-0.3, -0.25) is 5.32 Å². The number of rotatable bonds is 4. The Morgan fingerprint density at radius 2 is 2.44 bits per heavy atom. The number of carbonyl (C=O) groups excluding carboxylic acids is 1. The number of nitrogens with one attached hydrogen (secondary N) is 2. The van der Waals surface area contributed by atoms with Crippen LogP contribution in [0.5, 0.6) is 0 Å². The summed E-state index contributed by atoms with van der Waals surface area (Å²) in [5.41, 5.74) is 0. The van der Waals surface area contributed by atoms with Crippen LogP contribution in [0.4, 0.5) is 9.80 Å². The second kappa shape index (κ2) is 6.20. The number of hydrogen-bond donors (Lipinski definition) is 2. The molecule has 0 aromatic carbocycles. The van der Waals surface area contributed by atoms with Gasteiger partial charge in [0, 0.05) is 17.5 Å². The van der Waals surface area contributed by atoms with E-state index in [0.717, 1.165) is 30.9 Å². The molecule has 0 aliphatic carbocycles. The summed E-state index contributed by atoms with van der Waals surface area (Å²) >= 11 is 1.58. The smallest absolute Gasteiger partial charge is 0.320 e. The number of aryl methyl sites for hydroxylation is 1. The van der Waals surface area contributed by atoms with Crippen molar-refractivity contribution in [2.24, 2.45) is 0 Å². The van der Waals surface area contributed by atoms with E-state index in [0.29, 0.717) is 6.10 Å². The zero-order chi connectivity index (χ0) is 13.0. The van der Waals surface area contributed by atoms with Crippen molar-refractivity contribution in [3.63, 3.8) is 0 Å². The highest BCUT2D eigenvalue weighted by Crippen LogP contribution is 2.20. The first-order valence-electron chi connectivity index (χ1n) is 6.39. The Bertz CT molecular complexity index is 399. The summed E-state index contributed by atoms with van der Waals surface area (Å²) in [6, 6.07) is 3.91. The second-order valence-corrected chi connectivity index (χ2v) is 6.07. The lowest BCUT2D eigenvalue weighted by Crippen LogP contribution is -2.37. The van der Waals surface area contributed by atoms with Gasteiger partial charge in [0.2, 0.25) is 0 Å². The standard InChI is InChI=1S/C13H20N2O2S/c1-9(8-11-4-3-7-17-11)14-13(16)15-12-6-5-10(2)18-12/h5-6,9,11H,3-4,7-8H2,1-2H3,(H2,14,15,16)/t9-,11+/m0/s1. The zero-order valence-corrected chi connectivity index (χ0v) is 11.7. The molecule has 2 atom stereocenters. The second-order valence-electron chi connectivity index (χ2n) is 4.78. The highest BCUT2D eigenvalue weighted by molar-refractivity contribution is 7.16. The van der Waals surface area contributed by atoms with Gasteiger partial charge in [-0.1, -0.05) is 0 Å². The molecule has 2 N–H and O–H groups in total. The third-order valence-electron chi connectivity index (χ3n) is 3.00. The number of ether oxygens (including phenoxy) is 1. The molecule has 1 aromatic heterocycles. The van der Waals surface area contributed by atoms with Gasteiger partial charge in [0.1, 0.15) is 0 Å². The van der Waals surface area contributed by atoms with Crippen molar-refractivity contribution in [2.75, 3.05) is 11.9 Å². The topological polar surface area (TPSA) is 50.4 Å².